The van der Waals surface area contributed by atoms with Crippen molar-refractivity contribution in [3.8, 4) is 5.75 Å². The van der Waals surface area contributed by atoms with E-state index in [1.807, 2.05) is 31.2 Å². The molecule has 29 heavy (non-hydrogen) atoms. The van der Waals surface area contributed by atoms with E-state index >= 15 is 0 Å². The van der Waals surface area contributed by atoms with Crippen LogP contribution in [-0.4, -0.2) is 49.1 Å². The molecule has 0 aliphatic carbocycles. The third kappa shape index (κ3) is 6.17. The molecule has 0 spiro atoms. The SMILES string of the molecule is CC(=O)OCc1ccc(CN2CCOC(COc3ccc(C(C)=O)c(C)c3)C2)o1. The van der Waals surface area contributed by atoms with Crippen LogP contribution in [0.25, 0.3) is 0 Å². The molecule has 0 bridgehead atoms. The number of ether oxygens (including phenoxy) is 3. The average molecular weight is 401 g/mol. The number of benzene rings is 1. The van der Waals surface area contributed by atoms with Crippen molar-refractivity contribution in [1.29, 1.82) is 0 Å². The smallest absolute Gasteiger partial charge is 0.303 e. The third-order valence-corrected chi connectivity index (χ3v) is 4.75. The molecule has 7 heteroatoms. The molecule has 1 aliphatic heterocycles. The van der Waals surface area contributed by atoms with E-state index < -0.39 is 0 Å². The first-order chi connectivity index (χ1) is 13.9. The number of furan rings is 1. The maximum Gasteiger partial charge on any atom is 0.303 e. The Morgan fingerprint density at radius 1 is 1.17 bits per heavy atom. The molecule has 0 radical (unpaired) electrons. The summed E-state index contributed by atoms with van der Waals surface area (Å²) in [6.45, 7) is 8.24. The Kier molecular flexibility index (Phi) is 7.06. The monoisotopic (exact) mass is 401 g/mol. The summed E-state index contributed by atoms with van der Waals surface area (Å²) in [5.74, 6) is 1.91. The van der Waals surface area contributed by atoms with Gasteiger partial charge in [0.1, 0.15) is 36.6 Å². The topological polar surface area (TPSA) is 78.2 Å². The Bertz CT molecular complexity index is 859. The highest BCUT2D eigenvalue weighted by Crippen LogP contribution is 2.19. The third-order valence-electron chi connectivity index (χ3n) is 4.75. The lowest BCUT2D eigenvalue weighted by Crippen LogP contribution is -2.44. The lowest BCUT2D eigenvalue weighted by Gasteiger charge is -2.32. The van der Waals surface area contributed by atoms with E-state index in [-0.39, 0.29) is 24.5 Å². The zero-order valence-electron chi connectivity index (χ0n) is 17.1. The lowest BCUT2D eigenvalue weighted by molar-refractivity contribution is -0.142. The second-order valence-corrected chi connectivity index (χ2v) is 7.22. The number of rotatable bonds is 8. The molecule has 2 heterocycles. The molecule has 1 atom stereocenters. The molecule has 2 aromatic rings. The fourth-order valence-electron chi connectivity index (χ4n) is 3.31. The van der Waals surface area contributed by atoms with Gasteiger partial charge in [-0.25, -0.2) is 0 Å². The predicted octanol–water partition coefficient (Wildman–Crippen LogP) is 3.13. The molecule has 7 nitrogen and oxygen atoms in total. The summed E-state index contributed by atoms with van der Waals surface area (Å²) in [4.78, 5) is 24.7. The van der Waals surface area contributed by atoms with Crippen molar-refractivity contribution >= 4 is 11.8 Å². The maximum absolute atomic E-state index is 11.5. The van der Waals surface area contributed by atoms with Crippen molar-refractivity contribution in [2.45, 2.75) is 40.0 Å². The molecule has 0 saturated carbocycles. The molecule has 1 aromatic carbocycles. The van der Waals surface area contributed by atoms with Crippen molar-refractivity contribution in [3.05, 3.63) is 53.0 Å². The van der Waals surface area contributed by atoms with Gasteiger partial charge in [0, 0.05) is 25.6 Å². The van der Waals surface area contributed by atoms with E-state index in [0.717, 1.165) is 30.2 Å². The summed E-state index contributed by atoms with van der Waals surface area (Å²) < 4.78 is 22.4. The minimum atomic E-state index is -0.329. The van der Waals surface area contributed by atoms with Gasteiger partial charge in [0.05, 0.1) is 13.2 Å². The Morgan fingerprint density at radius 3 is 2.69 bits per heavy atom. The first-order valence-electron chi connectivity index (χ1n) is 9.70. The molecule has 0 amide bonds. The largest absolute Gasteiger partial charge is 0.491 e. The second-order valence-electron chi connectivity index (χ2n) is 7.22. The van der Waals surface area contributed by atoms with Gasteiger partial charge in [-0.3, -0.25) is 14.5 Å². The van der Waals surface area contributed by atoms with Crippen LogP contribution < -0.4 is 4.74 Å². The van der Waals surface area contributed by atoms with Crippen molar-refractivity contribution in [3.63, 3.8) is 0 Å². The van der Waals surface area contributed by atoms with Crippen LogP contribution in [0.4, 0.5) is 0 Å². The highest BCUT2D eigenvalue weighted by molar-refractivity contribution is 5.95. The Hall–Kier alpha value is -2.64. The van der Waals surface area contributed by atoms with Gasteiger partial charge in [-0.1, -0.05) is 0 Å². The number of ketones is 1. The quantitative estimate of drug-likeness (QED) is 0.497. The standard InChI is InChI=1S/C22H27NO6/c1-15-10-18(6-7-22(15)16(2)24)28-14-21-12-23(8-9-26-21)11-19-4-5-20(29-19)13-27-17(3)25/h4-7,10,21H,8-9,11-14H2,1-3H3. The zero-order valence-corrected chi connectivity index (χ0v) is 17.1. The first-order valence-corrected chi connectivity index (χ1v) is 9.70. The van der Waals surface area contributed by atoms with Crippen LogP contribution in [0.1, 0.15) is 41.3 Å². The van der Waals surface area contributed by atoms with Crippen molar-refractivity contribution in [1.82, 2.24) is 4.90 Å². The van der Waals surface area contributed by atoms with Gasteiger partial charge in [0.25, 0.3) is 0 Å². The van der Waals surface area contributed by atoms with E-state index in [1.54, 1.807) is 13.0 Å². The highest BCUT2D eigenvalue weighted by Gasteiger charge is 2.22. The number of carbonyl (C=O) groups excluding carboxylic acids is 2. The number of Topliss-reactive ketones (excluding diaryl/α,β-unsaturated/α-hetero) is 1. The first kappa shape index (κ1) is 21.1. The molecular weight excluding hydrogens is 374 g/mol. The number of aryl methyl sites for hydroxylation is 1. The van der Waals surface area contributed by atoms with Crippen LogP contribution in [0, 0.1) is 6.92 Å². The van der Waals surface area contributed by atoms with Gasteiger partial charge in [-0.15, -0.1) is 0 Å². The summed E-state index contributed by atoms with van der Waals surface area (Å²) in [5.41, 5.74) is 1.62. The predicted molar refractivity (Wildman–Crippen MR) is 106 cm³/mol. The summed E-state index contributed by atoms with van der Waals surface area (Å²) in [6, 6.07) is 9.22. The maximum atomic E-state index is 11.5. The number of esters is 1. The second kappa shape index (κ2) is 9.71. The fraction of sp³-hybridized carbons (Fsp3) is 0.455. The number of morpholine rings is 1. The van der Waals surface area contributed by atoms with Crippen LogP contribution >= 0.6 is 0 Å². The number of nitrogens with zero attached hydrogens (tertiary/aromatic N) is 1. The Labute approximate surface area is 170 Å². The van der Waals surface area contributed by atoms with E-state index in [2.05, 4.69) is 4.90 Å². The minimum Gasteiger partial charge on any atom is -0.491 e. The van der Waals surface area contributed by atoms with Gasteiger partial charge in [0.15, 0.2) is 5.78 Å². The lowest BCUT2D eigenvalue weighted by atomic mass is 10.1. The van der Waals surface area contributed by atoms with Crippen LogP contribution in [0.3, 0.4) is 0 Å². The molecule has 1 saturated heterocycles. The summed E-state index contributed by atoms with van der Waals surface area (Å²) >= 11 is 0. The van der Waals surface area contributed by atoms with Crippen LogP contribution in [0.15, 0.2) is 34.7 Å². The molecule has 1 aliphatic rings. The van der Waals surface area contributed by atoms with Gasteiger partial charge in [-0.05, 0) is 49.7 Å². The Morgan fingerprint density at radius 2 is 1.97 bits per heavy atom. The van der Waals surface area contributed by atoms with E-state index in [1.165, 1.54) is 6.92 Å². The van der Waals surface area contributed by atoms with E-state index in [4.69, 9.17) is 18.6 Å². The molecular formula is C22H27NO6. The summed E-state index contributed by atoms with van der Waals surface area (Å²) in [6.07, 6.45) is -0.0491. The van der Waals surface area contributed by atoms with Gasteiger partial charge < -0.3 is 18.6 Å². The molecule has 156 valence electrons. The van der Waals surface area contributed by atoms with Gasteiger partial charge in [-0.2, -0.15) is 0 Å². The number of hydrogen-bond donors (Lipinski definition) is 0. The minimum absolute atomic E-state index is 0.0491. The van der Waals surface area contributed by atoms with Gasteiger partial charge >= 0.3 is 5.97 Å². The molecule has 1 aromatic heterocycles. The summed E-state index contributed by atoms with van der Waals surface area (Å²) in [7, 11) is 0. The molecule has 0 N–H and O–H groups in total. The molecule has 3 rings (SSSR count). The van der Waals surface area contributed by atoms with Crippen LogP contribution in [-0.2, 0) is 27.4 Å². The average Bonchev–Trinajstić information content (AvgIpc) is 3.12. The molecule has 1 unspecified atom stereocenters. The van der Waals surface area contributed by atoms with Gasteiger partial charge in [0.2, 0.25) is 0 Å². The van der Waals surface area contributed by atoms with Crippen LogP contribution in [0.5, 0.6) is 5.75 Å². The Balaban J connectivity index is 1.49. The number of carbonyl (C=O) groups is 2. The van der Waals surface area contributed by atoms with E-state index in [0.29, 0.717) is 31.1 Å². The van der Waals surface area contributed by atoms with Crippen molar-refractivity contribution in [2.75, 3.05) is 26.3 Å². The highest BCUT2D eigenvalue weighted by atomic mass is 16.5. The van der Waals surface area contributed by atoms with E-state index in [9.17, 15) is 9.59 Å². The zero-order chi connectivity index (χ0) is 20.8. The van der Waals surface area contributed by atoms with Crippen molar-refractivity contribution in [2.24, 2.45) is 0 Å². The van der Waals surface area contributed by atoms with Crippen molar-refractivity contribution < 1.29 is 28.2 Å². The fourth-order valence-corrected chi connectivity index (χ4v) is 3.31. The number of hydrogen-bond acceptors (Lipinski definition) is 7. The summed E-state index contributed by atoms with van der Waals surface area (Å²) in [5, 5.41) is 0. The normalized spacial score (nSPS) is 17.1. The molecule has 1 fully saturated rings. The van der Waals surface area contributed by atoms with Crippen LogP contribution in [0.2, 0.25) is 0 Å².